The number of hydrogen-bond acceptors (Lipinski definition) is 9. The van der Waals surface area contributed by atoms with Gasteiger partial charge in [-0.05, 0) is 134 Å². The number of amides is 2. The van der Waals surface area contributed by atoms with Crippen LogP contribution in [0.5, 0.6) is 0 Å². The van der Waals surface area contributed by atoms with Crippen molar-refractivity contribution in [2.24, 2.45) is 11.5 Å². The molecule has 0 spiro atoms. The Hall–Kier alpha value is -5.29. The van der Waals surface area contributed by atoms with E-state index in [1.807, 2.05) is 85.2 Å². The third-order valence-corrected chi connectivity index (χ3v) is 13.6. The number of ether oxygens (including phenoxy) is 2. The number of primary amides is 2. The molecule has 11 nitrogen and oxygen atoms in total. The fraction of sp³-hybridized carbons (Fsp3) is 0.216. The predicted octanol–water partition coefficient (Wildman–Crippen LogP) is 7.25. The summed E-state index contributed by atoms with van der Waals surface area (Å²) in [5, 5.41) is 0. The number of carbonyl (C=O) groups is 2. The van der Waals surface area contributed by atoms with Crippen molar-refractivity contribution in [3.63, 3.8) is 0 Å². The van der Waals surface area contributed by atoms with Gasteiger partial charge in [-0.2, -0.15) is 0 Å². The van der Waals surface area contributed by atoms with Crippen molar-refractivity contribution in [1.29, 1.82) is 0 Å². The monoisotopic (exact) mass is 934 g/mol. The number of imidazole rings is 2. The zero-order chi connectivity index (χ0) is 43.7. The number of nitrogens with one attached hydrogen (secondary N) is 1. The van der Waals surface area contributed by atoms with Gasteiger partial charge < -0.3 is 31.4 Å². The number of nitrogens with zero attached hydrogens (tertiary/aromatic N) is 3. The van der Waals surface area contributed by atoms with Gasteiger partial charge in [0.2, 0.25) is 11.8 Å². The number of para-hydroxylation sites is 4. The van der Waals surface area contributed by atoms with Crippen LogP contribution >= 0.6 is 23.5 Å². The van der Waals surface area contributed by atoms with Gasteiger partial charge in [-0.25, -0.2) is 14.4 Å². The number of H-pyrrole nitrogens is 1. The average molecular weight is 935 g/mol. The Balaban J connectivity index is 0.000000205. The number of fused-ring (bicyclic) bond motifs is 2. The Morgan fingerprint density at radius 1 is 0.606 bits per heavy atom. The van der Waals surface area contributed by atoms with Gasteiger partial charge in [-0.15, -0.1) is 0 Å². The molecular formula is C51H52FN6NaO5S2. The van der Waals surface area contributed by atoms with Crippen molar-refractivity contribution in [2.45, 2.75) is 63.5 Å². The first-order chi connectivity index (χ1) is 30.7. The molecule has 0 saturated carbocycles. The second-order valence-corrected chi connectivity index (χ2v) is 17.6. The number of hydrogen-bond donors (Lipinski definition) is 3. The van der Waals surface area contributed by atoms with Crippen LogP contribution in [0.25, 0.3) is 27.8 Å². The second kappa shape index (κ2) is 23.9. The second-order valence-electron chi connectivity index (χ2n) is 15.3. The molecule has 2 fully saturated rings. The van der Waals surface area contributed by atoms with E-state index in [9.17, 15) is 14.0 Å². The molecule has 0 unspecified atom stereocenters. The van der Waals surface area contributed by atoms with E-state index in [4.69, 9.17) is 20.9 Å². The number of rotatable bonds is 9. The van der Waals surface area contributed by atoms with E-state index in [2.05, 4.69) is 62.0 Å². The Kier molecular flexibility index (Phi) is 18.8. The summed E-state index contributed by atoms with van der Waals surface area (Å²) in [5.74, 6) is -0.822. The SMILES string of the molecule is C.NC(=O)C1(c2cccc(Sc3ccc(-n4cnc5ccccc54)cc3)c2)CCOCC1.NC(=O)C1(c2cccc(Sc3ccc(F)cc3)c2)CCOCC1.[Na+].[OH-].c1ccc2[nH]cnc2c1. The van der Waals surface area contributed by atoms with Gasteiger partial charge in [0, 0.05) is 51.7 Å². The quantitative estimate of drug-likeness (QED) is 0.126. The Bertz CT molecular complexity index is 2780. The van der Waals surface area contributed by atoms with E-state index in [1.54, 1.807) is 30.2 Å². The van der Waals surface area contributed by atoms with Gasteiger partial charge in [0.05, 0.1) is 39.2 Å². The minimum atomic E-state index is -0.655. The van der Waals surface area contributed by atoms with Crippen molar-refractivity contribution in [1.82, 2.24) is 19.5 Å². The summed E-state index contributed by atoms with van der Waals surface area (Å²) >= 11 is 3.21. The maximum atomic E-state index is 13.0. The number of nitrogens with two attached hydrogens (primary N) is 2. The number of carbonyl (C=O) groups excluding carboxylic acids is 2. The molecule has 2 saturated heterocycles. The normalized spacial score (nSPS) is 14.7. The van der Waals surface area contributed by atoms with Crippen molar-refractivity contribution in [3.8, 4) is 5.69 Å². The van der Waals surface area contributed by atoms with Crippen LogP contribution in [-0.4, -0.2) is 63.2 Å². The molecule has 6 aromatic carbocycles. The number of benzene rings is 6. The Morgan fingerprint density at radius 2 is 1.09 bits per heavy atom. The number of halogens is 1. The molecule has 66 heavy (non-hydrogen) atoms. The van der Waals surface area contributed by atoms with Crippen LogP contribution in [0.4, 0.5) is 4.39 Å². The molecule has 8 aromatic rings. The van der Waals surface area contributed by atoms with Crippen LogP contribution in [0.3, 0.4) is 0 Å². The molecule has 4 heterocycles. The zero-order valence-corrected chi connectivity index (χ0v) is 39.6. The molecule has 0 aliphatic carbocycles. The van der Waals surface area contributed by atoms with Crippen LogP contribution in [-0.2, 0) is 29.9 Å². The van der Waals surface area contributed by atoms with Gasteiger partial charge in [-0.1, -0.05) is 79.5 Å². The van der Waals surface area contributed by atoms with Gasteiger partial charge in [0.25, 0.3) is 0 Å². The summed E-state index contributed by atoms with van der Waals surface area (Å²) in [6.07, 6.45) is 6.02. The van der Waals surface area contributed by atoms with Crippen LogP contribution < -0.4 is 41.0 Å². The smallest absolute Gasteiger partial charge is 0.870 e. The van der Waals surface area contributed by atoms with E-state index in [0.29, 0.717) is 52.1 Å². The van der Waals surface area contributed by atoms with E-state index >= 15 is 0 Å². The van der Waals surface area contributed by atoms with Gasteiger partial charge in [0.15, 0.2) is 0 Å². The molecule has 15 heteroatoms. The minimum absolute atomic E-state index is 0. The molecule has 336 valence electrons. The topological polar surface area (TPSA) is 181 Å². The van der Waals surface area contributed by atoms with E-state index in [1.165, 1.54) is 23.9 Å². The predicted molar refractivity (Wildman–Crippen MR) is 255 cm³/mol. The van der Waals surface area contributed by atoms with Gasteiger partial charge in [-0.3, -0.25) is 14.2 Å². The van der Waals surface area contributed by atoms with Crippen molar-refractivity contribution in [2.75, 3.05) is 26.4 Å². The summed E-state index contributed by atoms with van der Waals surface area (Å²) in [6.45, 7) is 2.20. The third-order valence-electron chi connectivity index (χ3n) is 11.6. The van der Waals surface area contributed by atoms with Crippen LogP contribution in [0.15, 0.2) is 178 Å². The molecule has 2 aliphatic rings. The number of aromatic amines is 1. The zero-order valence-electron chi connectivity index (χ0n) is 35.9. The fourth-order valence-electron chi connectivity index (χ4n) is 8.00. The number of aromatic nitrogens is 4. The molecule has 2 aliphatic heterocycles. The summed E-state index contributed by atoms with van der Waals surface area (Å²) in [6, 6.07) is 46.9. The van der Waals surface area contributed by atoms with E-state index < -0.39 is 10.8 Å². The first kappa shape index (κ1) is 51.7. The first-order valence-electron chi connectivity index (χ1n) is 20.7. The average Bonchev–Trinajstić information content (AvgIpc) is 3.99. The summed E-state index contributed by atoms with van der Waals surface area (Å²) < 4.78 is 25.9. The Morgan fingerprint density at radius 3 is 1.61 bits per heavy atom. The molecule has 10 rings (SSSR count). The molecule has 0 radical (unpaired) electrons. The molecular weight excluding hydrogens is 883 g/mol. The van der Waals surface area contributed by atoms with E-state index in [-0.39, 0.29) is 60.1 Å². The van der Waals surface area contributed by atoms with Crippen LogP contribution in [0.2, 0.25) is 0 Å². The molecule has 2 aromatic heterocycles. The first-order valence-corrected chi connectivity index (χ1v) is 22.3. The van der Waals surface area contributed by atoms with Gasteiger partial charge in [0.1, 0.15) is 12.1 Å². The van der Waals surface area contributed by atoms with Crippen LogP contribution in [0.1, 0.15) is 44.2 Å². The molecule has 2 amide bonds. The molecule has 0 atom stereocenters. The van der Waals surface area contributed by atoms with Gasteiger partial charge >= 0.3 is 29.6 Å². The molecule has 0 bridgehead atoms. The molecule has 6 N–H and O–H groups in total. The largest absolute Gasteiger partial charge is 1.00 e. The van der Waals surface area contributed by atoms with E-state index in [0.717, 1.165) is 58.5 Å². The maximum Gasteiger partial charge on any atom is 1.00 e. The maximum absolute atomic E-state index is 13.0. The summed E-state index contributed by atoms with van der Waals surface area (Å²) in [5.41, 5.74) is 17.4. The van der Waals surface area contributed by atoms with Crippen molar-refractivity contribution >= 4 is 57.4 Å². The van der Waals surface area contributed by atoms with Crippen molar-refractivity contribution < 1.29 is 58.5 Å². The van der Waals surface area contributed by atoms with Crippen LogP contribution in [0, 0.1) is 5.82 Å². The fourth-order valence-corrected chi connectivity index (χ4v) is 9.76. The third kappa shape index (κ3) is 12.0. The summed E-state index contributed by atoms with van der Waals surface area (Å²) in [4.78, 5) is 40.2. The minimum Gasteiger partial charge on any atom is -0.870 e. The summed E-state index contributed by atoms with van der Waals surface area (Å²) in [7, 11) is 0. The Labute approximate surface area is 414 Å². The van der Waals surface area contributed by atoms with Crippen molar-refractivity contribution in [3.05, 3.63) is 175 Å². The standard InChI is InChI=1S/C25H23N3O2S.C18H18FNO2S.C7H6N2.CH4.Na.H2O/c26-24(29)25(12-14-30-15-13-25)18-4-3-5-21(16-18)31-20-10-8-19(9-11-20)28-17-27-22-6-1-2-7-23(22)28;19-14-4-6-15(7-5-14)23-16-3-1-2-13(12-16)18(17(20)21)8-10-22-11-9-18;1-2-4-7-6(3-1)8-5-9-7;;;/h1-11,16-17H,12-15H2,(H2,26,29);1-7,12H,8-11H2,(H2,20,21);1-5H,(H,8,9);1H4;;1H2/q;;;;+1;/p-1.